The second-order valence-electron chi connectivity index (χ2n) is 7.08. The molecule has 1 saturated heterocycles. The molecule has 4 heterocycles. The number of piperazine rings is 1. The molecule has 2 aromatic heterocycles. The van der Waals surface area contributed by atoms with E-state index in [0.29, 0.717) is 6.54 Å². The minimum absolute atomic E-state index is 0.471. The topological polar surface area (TPSA) is 62.4 Å². The maximum Gasteiger partial charge on any atom is 0.232 e. The second-order valence-corrected chi connectivity index (χ2v) is 8.00. The predicted octanol–water partition coefficient (Wildman–Crippen LogP) is 2.53. The third-order valence-corrected chi connectivity index (χ3v) is 5.73. The molecule has 5 rings (SSSR count). The van der Waals surface area contributed by atoms with Crippen LogP contribution in [0.3, 0.4) is 0 Å². The monoisotopic (exact) mass is 437 g/mol. The fraction of sp³-hybridized carbons (Fsp3) is 0.300. The highest BCUT2D eigenvalue weighted by molar-refractivity contribution is 9.10. The Kier molecular flexibility index (Phi) is 4.44. The summed E-state index contributed by atoms with van der Waals surface area (Å²) in [5.74, 6) is 1.74. The van der Waals surface area contributed by atoms with Crippen molar-refractivity contribution in [3.8, 4) is 5.69 Å². The number of halogens is 1. The minimum Gasteiger partial charge on any atom is -0.338 e. The highest BCUT2D eigenvalue weighted by Gasteiger charge is 2.27. The summed E-state index contributed by atoms with van der Waals surface area (Å²) in [5, 5.41) is 9.01. The van der Waals surface area contributed by atoms with E-state index in [1.54, 1.807) is 6.20 Å². The minimum atomic E-state index is 0.471. The highest BCUT2D eigenvalue weighted by atomic mass is 79.9. The maximum absolute atomic E-state index is 4.87. The van der Waals surface area contributed by atoms with Crippen LogP contribution in [0.4, 0.5) is 5.95 Å². The molecule has 0 saturated carbocycles. The number of hydrogen-bond acceptors (Lipinski definition) is 6. The molecule has 28 heavy (non-hydrogen) atoms. The summed E-state index contributed by atoms with van der Waals surface area (Å²) in [6.45, 7) is 4.39. The van der Waals surface area contributed by atoms with Crippen LogP contribution in [-0.4, -0.2) is 63.6 Å². The number of rotatable bonds is 2. The molecule has 8 heteroatoms. The number of aliphatic imine (C=N–C) groups is 1. The average molecular weight is 438 g/mol. The quantitative estimate of drug-likeness (QED) is 0.616. The Morgan fingerprint density at radius 3 is 2.64 bits per heavy atom. The van der Waals surface area contributed by atoms with Gasteiger partial charge in [0.1, 0.15) is 6.54 Å². The summed E-state index contributed by atoms with van der Waals surface area (Å²) >= 11 is 3.62. The zero-order valence-electron chi connectivity index (χ0n) is 15.6. The Hall–Kier alpha value is -2.58. The van der Waals surface area contributed by atoms with Crippen LogP contribution in [0.5, 0.6) is 0 Å². The number of anilines is 1. The van der Waals surface area contributed by atoms with Gasteiger partial charge in [-0.3, -0.25) is 14.5 Å². The molecule has 1 aromatic carbocycles. The van der Waals surface area contributed by atoms with Crippen molar-refractivity contribution in [1.29, 1.82) is 0 Å². The lowest BCUT2D eigenvalue weighted by atomic mass is 10.0. The first-order valence-corrected chi connectivity index (χ1v) is 10.1. The Labute approximate surface area is 171 Å². The Balaban J connectivity index is 1.65. The fourth-order valence-electron chi connectivity index (χ4n) is 3.72. The number of aromatic nitrogens is 4. The normalized spacial score (nSPS) is 16.9. The Morgan fingerprint density at radius 2 is 1.86 bits per heavy atom. The van der Waals surface area contributed by atoms with Crippen molar-refractivity contribution < 1.29 is 0 Å². The molecule has 2 aliphatic heterocycles. The van der Waals surface area contributed by atoms with E-state index in [1.807, 2.05) is 18.2 Å². The largest absolute Gasteiger partial charge is 0.338 e. The number of hydrogen-bond donors (Lipinski definition) is 0. The van der Waals surface area contributed by atoms with Gasteiger partial charge < -0.3 is 9.80 Å². The van der Waals surface area contributed by atoms with Gasteiger partial charge in [-0.2, -0.15) is 0 Å². The number of fused-ring (bicyclic) bond motifs is 3. The summed E-state index contributed by atoms with van der Waals surface area (Å²) in [6.07, 6.45) is 1.80. The molecule has 0 amide bonds. The first kappa shape index (κ1) is 17.5. The lowest BCUT2D eigenvalue weighted by molar-refractivity contribution is 0.310. The van der Waals surface area contributed by atoms with E-state index in [2.05, 4.69) is 70.7 Å². The molecule has 7 nitrogen and oxygen atoms in total. The van der Waals surface area contributed by atoms with Crippen LogP contribution < -0.4 is 4.90 Å². The molecule has 0 radical (unpaired) electrons. The van der Waals surface area contributed by atoms with Crippen molar-refractivity contribution in [2.75, 3.05) is 38.1 Å². The SMILES string of the molecule is CN1CCN(c2nnc3n2-c2ccc(Br)cc2C(c2ccccn2)=NC3)CC1. The first-order valence-electron chi connectivity index (χ1n) is 9.34. The number of pyridine rings is 1. The lowest BCUT2D eigenvalue weighted by Crippen LogP contribution is -2.45. The van der Waals surface area contributed by atoms with Crippen molar-refractivity contribution in [3.05, 3.63) is 64.1 Å². The Morgan fingerprint density at radius 1 is 1.00 bits per heavy atom. The average Bonchev–Trinajstić information content (AvgIpc) is 3.06. The molecule has 3 aromatic rings. The standard InChI is InChI=1S/C20H20BrN7/c1-26-8-10-27(11-9-26)20-25-24-18-13-23-19(16-4-2-3-7-22-16)15-12-14(21)5-6-17(15)28(18)20/h2-7,12H,8-11,13H2,1H3. The fourth-order valence-corrected chi connectivity index (χ4v) is 4.08. The first-order chi connectivity index (χ1) is 13.7. The van der Waals surface area contributed by atoms with Gasteiger partial charge in [-0.1, -0.05) is 22.0 Å². The van der Waals surface area contributed by atoms with Crippen molar-refractivity contribution in [1.82, 2.24) is 24.6 Å². The van der Waals surface area contributed by atoms with E-state index in [0.717, 1.165) is 65.1 Å². The van der Waals surface area contributed by atoms with E-state index >= 15 is 0 Å². The summed E-state index contributed by atoms with van der Waals surface area (Å²) < 4.78 is 3.17. The van der Waals surface area contributed by atoms with Crippen LogP contribution in [0.1, 0.15) is 17.1 Å². The van der Waals surface area contributed by atoms with Crippen molar-refractivity contribution in [3.63, 3.8) is 0 Å². The molecule has 0 unspecified atom stereocenters. The molecular formula is C20H20BrN7. The summed E-state index contributed by atoms with van der Waals surface area (Å²) in [7, 11) is 2.15. The van der Waals surface area contributed by atoms with Crippen molar-refractivity contribution in [2.45, 2.75) is 6.54 Å². The van der Waals surface area contributed by atoms with Crippen LogP contribution in [0, 0.1) is 0 Å². The summed E-state index contributed by atoms with van der Waals surface area (Å²) in [5.41, 5.74) is 3.81. The van der Waals surface area contributed by atoms with Gasteiger partial charge in [0.2, 0.25) is 5.95 Å². The van der Waals surface area contributed by atoms with Crippen LogP contribution in [0.15, 0.2) is 52.1 Å². The summed E-state index contributed by atoms with van der Waals surface area (Å²) in [4.78, 5) is 14.1. The highest BCUT2D eigenvalue weighted by Crippen LogP contribution is 2.30. The molecule has 0 aliphatic carbocycles. The number of benzene rings is 1. The zero-order chi connectivity index (χ0) is 19.1. The van der Waals surface area contributed by atoms with E-state index in [-0.39, 0.29) is 0 Å². The Bertz CT molecular complexity index is 1040. The van der Waals surface area contributed by atoms with Crippen LogP contribution in [0.2, 0.25) is 0 Å². The smallest absolute Gasteiger partial charge is 0.232 e. The zero-order valence-corrected chi connectivity index (χ0v) is 17.2. The predicted molar refractivity (Wildman–Crippen MR) is 112 cm³/mol. The van der Waals surface area contributed by atoms with Crippen molar-refractivity contribution in [2.24, 2.45) is 4.99 Å². The lowest BCUT2D eigenvalue weighted by Gasteiger charge is -2.33. The number of nitrogens with zero attached hydrogens (tertiary/aromatic N) is 7. The molecular weight excluding hydrogens is 418 g/mol. The number of likely N-dealkylation sites (N-methyl/N-ethyl adjacent to an activating group) is 1. The summed E-state index contributed by atoms with van der Waals surface area (Å²) in [6, 6.07) is 12.2. The molecule has 2 aliphatic rings. The van der Waals surface area contributed by atoms with Gasteiger partial charge in [0.15, 0.2) is 5.82 Å². The van der Waals surface area contributed by atoms with E-state index in [1.165, 1.54) is 0 Å². The molecule has 142 valence electrons. The van der Waals surface area contributed by atoms with E-state index in [9.17, 15) is 0 Å². The van der Waals surface area contributed by atoms with Crippen LogP contribution >= 0.6 is 15.9 Å². The maximum atomic E-state index is 4.87. The van der Waals surface area contributed by atoms with Crippen LogP contribution in [0.25, 0.3) is 5.69 Å². The van der Waals surface area contributed by atoms with E-state index < -0.39 is 0 Å². The van der Waals surface area contributed by atoms with Gasteiger partial charge in [0.25, 0.3) is 0 Å². The molecule has 1 fully saturated rings. The van der Waals surface area contributed by atoms with Crippen LogP contribution in [-0.2, 0) is 6.54 Å². The molecule has 0 atom stereocenters. The second kappa shape index (κ2) is 7.10. The molecule has 0 N–H and O–H groups in total. The van der Waals surface area contributed by atoms with Gasteiger partial charge in [0.05, 0.1) is 17.1 Å². The third-order valence-electron chi connectivity index (χ3n) is 5.24. The van der Waals surface area contributed by atoms with Gasteiger partial charge in [0, 0.05) is 42.4 Å². The van der Waals surface area contributed by atoms with Gasteiger partial charge in [-0.25, -0.2) is 0 Å². The van der Waals surface area contributed by atoms with Gasteiger partial charge in [-0.05, 0) is 37.4 Å². The van der Waals surface area contributed by atoms with E-state index in [4.69, 9.17) is 4.99 Å². The third kappa shape index (κ3) is 3.02. The van der Waals surface area contributed by atoms with Gasteiger partial charge in [-0.15, -0.1) is 10.2 Å². The molecule has 0 bridgehead atoms. The van der Waals surface area contributed by atoms with Crippen molar-refractivity contribution >= 4 is 27.6 Å². The van der Waals surface area contributed by atoms with Gasteiger partial charge >= 0.3 is 0 Å². The molecule has 0 spiro atoms.